The second kappa shape index (κ2) is 5.48. The van der Waals surface area contributed by atoms with Crippen LogP contribution in [-0.4, -0.2) is 21.2 Å². The van der Waals surface area contributed by atoms with E-state index in [9.17, 15) is 29.1 Å². The minimum Gasteiger partial charge on any atom is -0.389 e. The third-order valence-corrected chi connectivity index (χ3v) is 2.25. The molecule has 2 N–H and O–H groups in total. The lowest BCUT2D eigenvalue weighted by molar-refractivity contribution is -0.387. The van der Waals surface area contributed by atoms with Gasteiger partial charge in [0, 0.05) is 17.7 Å². The Morgan fingerprint density at radius 3 is 2.50 bits per heavy atom. The first-order valence-corrected chi connectivity index (χ1v) is 4.75. The molecule has 0 saturated heterocycles. The summed E-state index contributed by atoms with van der Waals surface area (Å²) in [4.78, 5) is 9.37. The van der Waals surface area contributed by atoms with Gasteiger partial charge in [0.15, 0.2) is 0 Å². The molecule has 18 heavy (non-hydrogen) atoms. The molecule has 8 heteroatoms. The molecule has 0 aliphatic heterocycles. The zero-order valence-corrected chi connectivity index (χ0v) is 8.88. The third-order valence-electron chi connectivity index (χ3n) is 2.25. The number of nitro benzene ring substituents is 1. The highest BCUT2D eigenvalue weighted by Gasteiger charge is 2.26. The van der Waals surface area contributed by atoms with Crippen LogP contribution in [0.15, 0.2) is 12.1 Å². The van der Waals surface area contributed by atoms with E-state index in [1.165, 1.54) is 0 Å². The summed E-state index contributed by atoms with van der Waals surface area (Å²) in [5.41, 5.74) is -1.65. The van der Waals surface area contributed by atoms with Crippen LogP contribution in [0.1, 0.15) is 18.1 Å². The monoisotopic (exact) mass is 258 g/mol. The molecule has 1 rings (SSSR count). The maximum absolute atomic E-state index is 13.3. The molecule has 0 fully saturated rings. The second-order valence-corrected chi connectivity index (χ2v) is 3.46. The minimum absolute atomic E-state index is 0.246. The van der Waals surface area contributed by atoms with Gasteiger partial charge in [-0.2, -0.15) is 9.65 Å². The molecule has 0 heterocycles. The fourth-order valence-electron chi connectivity index (χ4n) is 1.33. The van der Waals surface area contributed by atoms with Crippen molar-refractivity contribution in [3.05, 3.63) is 39.4 Å². The van der Waals surface area contributed by atoms with E-state index in [0.29, 0.717) is 6.07 Å². The number of rotatable bonds is 4. The fourth-order valence-corrected chi connectivity index (χ4v) is 1.33. The van der Waals surface area contributed by atoms with Gasteiger partial charge in [-0.1, -0.05) is 0 Å². The Kier molecular flexibility index (Phi) is 4.25. The highest BCUT2D eigenvalue weighted by atomic mass is 19.1. The van der Waals surface area contributed by atoms with E-state index in [1.54, 1.807) is 6.07 Å². The Labute approximate surface area is 99.9 Å². The average molecular weight is 258 g/mol. The lowest BCUT2D eigenvalue weighted by atomic mass is 10.0. The molecule has 0 saturated carbocycles. The summed E-state index contributed by atoms with van der Waals surface area (Å²) in [6, 6.07) is 2.29. The van der Waals surface area contributed by atoms with E-state index in [0.717, 1.165) is 0 Å². The van der Waals surface area contributed by atoms with Crippen LogP contribution >= 0.6 is 0 Å². The number of nitrogens with zero attached hydrogens (tertiary/aromatic N) is 2. The largest absolute Gasteiger partial charge is 0.389 e. The first kappa shape index (κ1) is 14.0. The lowest BCUT2D eigenvalue weighted by Crippen LogP contribution is -2.19. The number of aliphatic hydroxyl groups excluding tert-OH is 2. The number of aliphatic hydroxyl groups is 2. The van der Waals surface area contributed by atoms with Crippen molar-refractivity contribution in [2.24, 2.45) is 0 Å². The van der Waals surface area contributed by atoms with E-state index < -0.39 is 46.4 Å². The molecular formula is C10H8F2N2O4. The highest BCUT2D eigenvalue weighted by Crippen LogP contribution is 2.28. The molecular weight excluding hydrogens is 250 g/mol. The standard InChI is InChI=1S/C10H8F2N2O4/c11-6-4-7(12)8(14(17)18)3-5(6)10(16)9(15)1-2-13/h3-4,9-10,15-16H,1H2. The summed E-state index contributed by atoms with van der Waals surface area (Å²) in [5, 5.41) is 37.6. The summed E-state index contributed by atoms with van der Waals surface area (Å²) < 4.78 is 26.3. The molecule has 0 aliphatic carbocycles. The van der Waals surface area contributed by atoms with Gasteiger partial charge in [-0.25, -0.2) is 4.39 Å². The lowest BCUT2D eigenvalue weighted by Gasteiger charge is -2.16. The molecule has 0 aliphatic rings. The SMILES string of the molecule is N#CCC(O)C(O)c1cc([N+](=O)[O-])c(F)cc1F. The smallest absolute Gasteiger partial charge is 0.305 e. The van der Waals surface area contributed by atoms with Crippen molar-refractivity contribution in [3.63, 3.8) is 0 Å². The molecule has 0 spiro atoms. The van der Waals surface area contributed by atoms with Crippen molar-refractivity contribution in [3.8, 4) is 6.07 Å². The summed E-state index contributed by atoms with van der Waals surface area (Å²) in [6.45, 7) is 0. The highest BCUT2D eigenvalue weighted by molar-refractivity contribution is 5.38. The summed E-state index contributed by atoms with van der Waals surface area (Å²) in [6.07, 6.45) is -3.95. The van der Waals surface area contributed by atoms with Crippen molar-refractivity contribution in [1.82, 2.24) is 0 Å². The minimum atomic E-state index is -1.84. The summed E-state index contributed by atoms with van der Waals surface area (Å²) in [5.74, 6) is -2.62. The van der Waals surface area contributed by atoms with Crippen molar-refractivity contribution in [2.45, 2.75) is 18.6 Å². The van der Waals surface area contributed by atoms with Crippen molar-refractivity contribution in [2.75, 3.05) is 0 Å². The Balaban J connectivity index is 3.20. The van der Waals surface area contributed by atoms with Crippen LogP contribution in [-0.2, 0) is 0 Å². The Morgan fingerprint density at radius 1 is 1.39 bits per heavy atom. The van der Waals surface area contributed by atoms with Crippen LogP contribution in [0.3, 0.4) is 0 Å². The van der Waals surface area contributed by atoms with E-state index in [-0.39, 0.29) is 6.07 Å². The van der Waals surface area contributed by atoms with Crippen LogP contribution in [0.25, 0.3) is 0 Å². The van der Waals surface area contributed by atoms with Crippen LogP contribution in [0.4, 0.5) is 14.5 Å². The first-order valence-electron chi connectivity index (χ1n) is 4.75. The van der Waals surface area contributed by atoms with E-state index in [2.05, 4.69) is 0 Å². The summed E-state index contributed by atoms with van der Waals surface area (Å²) in [7, 11) is 0. The zero-order chi connectivity index (χ0) is 13.9. The molecule has 0 amide bonds. The maximum atomic E-state index is 13.3. The van der Waals surface area contributed by atoms with E-state index in [4.69, 9.17) is 5.26 Å². The molecule has 0 radical (unpaired) electrons. The van der Waals surface area contributed by atoms with Crippen LogP contribution in [0.5, 0.6) is 0 Å². The Hall–Kier alpha value is -2.11. The van der Waals surface area contributed by atoms with Crippen molar-refractivity contribution >= 4 is 5.69 Å². The Bertz CT molecular complexity index is 515. The third kappa shape index (κ3) is 2.77. The van der Waals surface area contributed by atoms with Gasteiger partial charge in [-0.05, 0) is 0 Å². The predicted octanol–water partition coefficient (Wildman–Crippen LogP) is 1.18. The summed E-state index contributed by atoms with van der Waals surface area (Å²) >= 11 is 0. The Morgan fingerprint density at radius 2 is 2.00 bits per heavy atom. The van der Waals surface area contributed by atoms with Crippen molar-refractivity contribution in [1.29, 1.82) is 5.26 Å². The predicted molar refractivity (Wildman–Crippen MR) is 54.2 cm³/mol. The van der Waals surface area contributed by atoms with E-state index in [1.807, 2.05) is 0 Å². The van der Waals surface area contributed by atoms with Crippen LogP contribution < -0.4 is 0 Å². The fraction of sp³-hybridized carbons (Fsp3) is 0.300. The maximum Gasteiger partial charge on any atom is 0.305 e. The van der Waals surface area contributed by atoms with Gasteiger partial charge in [0.2, 0.25) is 5.82 Å². The topological polar surface area (TPSA) is 107 Å². The molecule has 96 valence electrons. The van der Waals surface area contributed by atoms with Gasteiger partial charge >= 0.3 is 5.69 Å². The van der Waals surface area contributed by atoms with Gasteiger partial charge in [0.05, 0.1) is 23.5 Å². The molecule has 1 aromatic rings. The molecule has 6 nitrogen and oxygen atoms in total. The van der Waals surface area contributed by atoms with Gasteiger partial charge in [-0.3, -0.25) is 10.1 Å². The molecule has 2 atom stereocenters. The molecule has 0 aromatic heterocycles. The number of nitriles is 1. The van der Waals surface area contributed by atoms with Crippen LogP contribution in [0, 0.1) is 33.1 Å². The first-order chi connectivity index (χ1) is 8.38. The number of hydrogen-bond acceptors (Lipinski definition) is 5. The number of benzene rings is 1. The van der Waals surface area contributed by atoms with Crippen molar-refractivity contribution < 1.29 is 23.9 Å². The number of nitro groups is 1. The molecule has 0 bridgehead atoms. The van der Waals surface area contributed by atoms with Gasteiger partial charge in [0.1, 0.15) is 11.9 Å². The van der Waals surface area contributed by atoms with E-state index >= 15 is 0 Å². The zero-order valence-electron chi connectivity index (χ0n) is 8.88. The number of hydrogen-bond donors (Lipinski definition) is 2. The quantitative estimate of drug-likeness (QED) is 0.622. The molecule has 1 aromatic carbocycles. The van der Waals surface area contributed by atoms with Crippen LogP contribution in [0.2, 0.25) is 0 Å². The second-order valence-electron chi connectivity index (χ2n) is 3.46. The van der Waals surface area contributed by atoms with Gasteiger partial charge < -0.3 is 10.2 Å². The average Bonchev–Trinajstić information content (AvgIpc) is 2.28. The molecule has 2 unspecified atom stereocenters. The number of halogens is 2. The van der Waals surface area contributed by atoms with Gasteiger partial charge in [-0.15, -0.1) is 0 Å². The normalized spacial score (nSPS) is 13.7. The van der Waals surface area contributed by atoms with Gasteiger partial charge in [0.25, 0.3) is 0 Å².